The third-order valence-corrected chi connectivity index (χ3v) is 4.58. The number of nitrogens with zero attached hydrogens (tertiary/aromatic N) is 4. The topological polar surface area (TPSA) is 108 Å². The Balaban J connectivity index is 2.00. The highest BCUT2D eigenvalue weighted by Gasteiger charge is 2.15. The third-order valence-electron chi connectivity index (χ3n) is 4.05. The minimum Gasteiger partial charge on any atom is -0.291 e. The van der Waals surface area contributed by atoms with Crippen LogP contribution in [0, 0.1) is 13.8 Å². The van der Waals surface area contributed by atoms with Crippen molar-refractivity contribution in [2.24, 2.45) is 10.2 Å². The number of H-pyrrole nitrogens is 2. The van der Waals surface area contributed by atoms with Crippen LogP contribution < -0.4 is 11.1 Å². The molecule has 8 nitrogen and oxygen atoms in total. The lowest BCUT2D eigenvalue weighted by Gasteiger charge is -2.06. The van der Waals surface area contributed by atoms with Crippen molar-refractivity contribution in [1.82, 2.24) is 19.7 Å². The summed E-state index contributed by atoms with van der Waals surface area (Å²) < 4.78 is 2.11. The van der Waals surface area contributed by atoms with Crippen LogP contribution in [0.4, 0.5) is 11.4 Å². The molecule has 0 bridgehead atoms. The molecule has 0 atom stereocenters. The number of nitrogens with one attached hydrogen (secondary N) is 2. The van der Waals surface area contributed by atoms with E-state index in [1.165, 1.54) is 4.68 Å². The van der Waals surface area contributed by atoms with E-state index in [0.29, 0.717) is 29.1 Å². The van der Waals surface area contributed by atoms with Crippen LogP contribution in [0.1, 0.15) is 30.3 Å². The zero-order valence-corrected chi connectivity index (χ0v) is 16.8. The zero-order valence-electron chi connectivity index (χ0n) is 15.2. The van der Waals surface area contributed by atoms with E-state index in [0.717, 1.165) is 10.9 Å². The summed E-state index contributed by atoms with van der Waals surface area (Å²) in [4.78, 5) is 32.0. The minimum absolute atomic E-state index is 0.135. The molecule has 0 saturated heterocycles. The van der Waals surface area contributed by atoms with E-state index in [4.69, 9.17) is 0 Å². The van der Waals surface area contributed by atoms with Crippen molar-refractivity contribution >= 4 is 27.3 Å². The maximum atomic E-state index is 12.7. The smallest absolute Gasteiger partial charge is 0.291 e. The summed E-state index contributed by atoms with van der Waals surface area (Å²) in [6, 6.07) is 7.24. The fraction of sp³-hybridized carbons (Fsp3) is 0.278. The van der Waals surface area contributed by atoms with Crippen LogP contribution >= 0.6 is 15.9 Å². The van der Waals surface area contributed by atoms with E-state index < -0.39 is 5.56 Å². The van der Waals surface area contributed by atoms with Gasteiger partial charge in [-0.05, 0) is 44.5 Å². The van der Waals surface area contributed by atoms with Gasteiger partial charge in [0.15, 0.2) is 5.69 Å². The van der Waals surface area contributed by atoms with Crippen LogP contribution in [0.25, 0.3) is 5.95 Å². The van der Waals surface area contributed by atoms with Gasteiger partial charge in [-0.25, -0.2) is 4.98 Å². The molecule has 27 heavy (non-hydrogen) atoms. The fourth-order valence-corrected chi connectivity index (χ4v) is 2.93. The largest absolute Gasteiger partial charge is 0.301 e. The molecule has 9 heteroatoms. The average Bonchev–Trinajstić information content (AvgIpc) is 2.92. The number of aromatic nitrogens is 4. The van der Waals surface area contributed by atoms with Gasteiger partial charge in [-0.2, -0.15) is 9.80 Å². The lowest BCUT2D eigenvalue weighted by atomic mass is 10.1. The Kier molecular flexibility index (Phi) is 5.50. The van der Waals surface area contributed by atoms with Crippen LogP contribution in [-0.4, -0.2) is 19.7 Å². The predicted molar refractivity (Wildman–Crippen MR) is 107 cm³/mol. The SMILES string of the molecule is CCCc1c(C)nc(-n2[nH]c(C)c(N=Nc3ccc(Br)cc3)c2=O)[nH]c1=O. The highest BCUT2D eigenvalue weighted by molar-refractivity contribution is 9.10. The maximum Gasteiger partial charge on any atom is 0.301 e. The van der Waals surface area contributed by atoms with Crippen LogP contribution in [0.3, 0.4) is 0 Å². The summed E-state index contributed by atoms with van der Waals surface area (Å²) in [5.74, 6) is 0.135. The molecule has 0 radical (unpaired) electrons. The second kappa shape index (κ2) is 7.83. The summed E-state index contributed by atoms with van der Waals surface area (Å²) in [7, 11) is 0. The van der Waals surface area contributed by atoms with Gasteiger partial charge in [0.25, 0.3) is 5.56 Å². The van der Waals surface area contributed by atoms with Gasteiger partial charge in [0, 0.05) is 10.0 Å². The Morgan fingerprint density at radius 3 is 2.48 bits per heavy atom. The third kappa shape index (κ3) is 3.97. The quantitative estimate of drug-likeness (QED) is 0.596. The van der Waals surface area contributed by atoms with Gasteiger partial charge < -0.3 is 0 Å². The van der Waals surface area contributed by atoms with Crippen molar-refractivity contribution in [2.75, 3.05) is 0 Å². The first kappa shape index (κ1) is 19.0. The number of aryl methyl sites for hydroxylation is 2. The summed E-state index contributed by atoms with van der Waals surface area (Å²) >= 11 is 3.35. The highest BCUT2D eigenvalue weighted by atomic mass is 79.9. The van der Waals surface area contributed by atoms with E-state index in [9.17, 15) is 9.59 Å². The lowest BCUT2D eigenvalue weighted by molar-refractivity contribution is 0.749. The van der Waals surface area contributed by atoms with E-state index in [1.807, 2.05) is 19.1 Å². The lowest BCUT2D eigenvalue weighted by Crippen LogP contribution is -2.24. The first-order chi connectivity index (χ1) is 12.9. The maximum absolute atomic E-state index is 12.7. The Labute approximate surface area is 163 Å². The summed E-state index contributed by atoms with van der Waals surface area (Å²) in [5, 5.41) is 11.1. The molecule has 3 aromatic rings. The number of halogens is 1. The number of hydrogen-bond acceptors (Lipinski definition) is 5. The molecule has 0 aliphatic rings. The number of aromatic amines is 2. The molecular weight excluding hydrogens is 412 g/mol. The number of benzene rings is 1. The Morgan fingerprint density at radius 2 is 1.85 bits per heavy atom. The first-order valence-corrected chi connectivity index (χ1v) is 9.29. The average molecular weight is 431 g/mol. The summed E-state index contributed by atoms with van der Waals surface area (Å²) in [6.07, 6.45) is 1.48. The Hall–Kier alpha value is -2.81. The molecule has 0 saturated carbocycles. The van der Waals surface area contributed by atoms with Crippen LogP contribution in [0.2, 0.25) is 0 Å². The minimum atomic E-state index is -0.431. The van der Waals surface area contributed by atoms with Gasteiger partial charge in [-0.15, -0.1) is 5.11 Å². The molecule has 2 heterocycles. The van der Waals surface area contributed by atoms with E-state index >= 15 is 0 Å². The summed E-state index contributed by atoms with van der Waals surface area (Å²) in [5.41, 5.74) is 1.88. The predicted octanol–water partition coefficient (Wildman–Crippen LogP) is 4.00. The van der Waals surface area contributed by atoms with Gasteiger partial charge in [-0.3, -0.25) is 19.7 Å². The molecular formula is C18H19BrN6O2. The van der Waals surface area contributed by atoms with Crippen LogP contribution in [-0.2, 0) is 6.42 Å². The van der Waals surface area contributed by atoms with E-state index in [-0.39, 0.29) is 17.2 Å². The second-order valence-corrected chi connectivity index (χ2v) is 7.02. The van der Waals surface area contributed by atoms with E-state index in [2.05, 4.69) is 41.2 Å². The van der Waals surface area contributed by atoms with Crippen LogP contribution in [0.15, 0.2) is 48.6 Å². The zero-order chi connectivity index (χ0) is 19.6. The van der Waals surface area contributed by atoms with E-state index in [1.54, 1.807) is 26.0 Å². The van der Waals surface area contributed by atoms with Crippen molar-refractivity contribution in [2.45, 2.75) is 33.6 Å². The summed E-state index contributed by atoms with van der Waals surface area (Å²) in [6.45, 7) is 5.47. The molecule has 0 unspecified atom stereocenters. The van der Waals surface area contributed by atoms with Crippen molar-refractivity contribution < 1.29 is 0 Å². The van der Waals surface area contributed by atoms with Gasteiger partial charge in [0.1, 0.15) is 0 Å². The number of rotatable bonds is 5. The normalized spacial score (nSPS) is 11.4. The molecule has 0 spiro atoms. The molecule has 3 rings (SSSR count). The molecule has 2 aromatic heterocycles. The molecule has 140 valence electrons. The van der Waals surface area contributed by atoms with Crippen LogP contribution in [0.5, 0.6) is 0 Å². The highest BCUT2D eigenvalue weighted by Crippen LogP contribution is 2.20. The molecule has 1 aromatic carbocycles. The van der Waals surface area contributed by atoms with Crippen molar-refractivity contribution in [3.63, 3.8) is 0 Å². The Morgan fingerprint density at radius 1 is 1.15 bits per heavy atom. The molecule has 0 aliphatic heterocycles. The number of hydrogen-bond donors (Lipinski definition) is 2. The van der Waals surface area contributed by atoms with Crippen molar-refractivity contribution in [3.05, 3.63) is 66.4 Å². The van der Waals surface area contributed by atoms with Crippen molar-refractivity contribution in [1.29, 1.82) is 0 Å². The van der Waals surface area contributed by atoms with Gasteiger partial charge in [0.05, 0.1) is 17.1 Å². The molecule has 0 aliphatic carbocycles. The molecule has 2 N–H and O–H groups in total. The monoisotopic (exact) mass is 430 g/mol. The standard InChI is InChI=1S/C18H19BrN6O2/c1-4-5-14-10(2)20-18(21-16(14)26)25-17(27)15(11(3)24-25)23-22-13-8-6-12(19)7-9-13/h6-9,24H,4-5H2,1-3H3,(H,20,21,26). The van der Waals surface area contributed by atoms with Crippen molar-refractivity contribution in [3.8, 4) is 5.95 Å². The van der Waals surface area contributed by atoms with Gasteiger partial charge in [-0.1, -0.05) is 29.3 Å². The first-order valence-electron chi connectivity index (χ1n) is 8.49. The molecule has 0 fully saturated rings. The molecule has 0 amide bonds. The fourth-order valence-electron chi connectivity index (χ4n) is 2.67. The number of azo groups is 1. The second-order valence-electron chi connectivity index (χ2n) is 6.11. The van der Waals surface area contributed by atoms with Gasteiger partial charge >= 0.3 is 5.56 Å². The Bertz CT molecular complexity index is 1110. The van der Waals surface area contributed by atoms with Gasteiger partial charge in [0.2, 0.25) is 5.95 Å².